The maximum Gasteiger partial charge on any atom is 0.102 e. The second-order valence-corrected chi connectivity index (χ2v) is 13.6. The molecule has 2 N–H and O–H groups in total. The summed E-state index contributed by atoms with van der Waals surface area (Å²) in [7, 11) is 0. The van der Waals surface area contributed by atoms with Crippen molar-refractivity contribution in [1.29, 1.82) is 0 Å². The number of likely N-dealkylation sites (tertiary alicyclic amines) is 1. The first-order chi connectivity index (χ1) is 19.0. The van der Waals surface area contributed by atoms with E-state index >= 15 is 0 Å². The summed E-state index contributed by atoms with van der Waals surface area (Å²) < 4.78 is 24.5. The number of rotatable bonds is 11. The van der Waals surface area contributed by atoms with Gasteiger partial charge < -0.3 is 29.3 Å². The molecule has 0 radical (unpaired) electrons. The summed E-state index contributed by atoms with van der Waals surface area (Å²) in [6.45, 7) is 12.1. The molecular weight excluding hydrogens is 488 g/mol. The fourth-order valence-electron chi connectivity index (χ4n) is 9.91. The smallest absolute Gasteiger partial charge is 0.102 e. The van der Waals surface area contributed by atoms with Crippen LogP contribution in [0.3, 0.4) is 0 Å². The van der Waals surface area contributed by atoms with Crippen LogP contribution in [0, 0.1) is 28.6 Å². The maximum absolute atomic E-state index is 6.74. The zero-order valence-corrected chi connectivity index (χ0v) is 24.5. The summed E-state index contributed by atoms with van der Waals surface area (Å²) >= 11 is 0. The second-order valence-electron chi connectivity index (χ2n) is 13.6. The third-order valence-electron chi connectivity index (χ3n) is 12.0. The molecular formula is C33H52N2O4. The van der Waals surface area contributed by atoms with Crippen LogP contribution in [0.5, 0.6) is 0 Å². The first kappa shape index (κ1) is 28.0. The molecule has 6 rings (SSSR count). The fraction of sp³-hybridized carbons (Fsp3) is 0.818. The zero-order chi connectivity index (χ0) is 26.9. The summed E-state index contributed by atoms with van der Waals surface area (Å²) in [4.78, 5) is 2.51. The van der Waals surface area contributed by atoms with E-state index in [9.17, 15) is 0 Å². The minimum Gasteiger partial charge on any atom is -0.472 e. The quantitative estimate of drug-likeness (QED) is 0.278. The predicted molar refractivity (Wildman–Crippen MR) is 153 cm³/mol. The number of nitrogens with two attached hydrogens (primary N) is 1. The van der Waals surface area contributed by atoms with Crippen LogP contribution in [-0.4, -0.2) is 63.6 Å². The van der Waals surface area contributed by atoms with Crippen molar-refractivity contribution < 1.29 is 18.6 Å². The van der Waals surface area contributed by atoms with Gasteiger partial charge in [0.15, 0.2) is 0 Å². The van der Waals surface area contributed by atoms with Crippen LogP contribution in [0.2, 0.25) is 0 Å². The molecule has 1 aromatic heterocycles. The van der Waals surface area contributed by atoms with Crippen LogP contribution in [-0.2, 0) is 19.8 Å². The molecule has 218 valence electrons. The number of hydrogen-bond donors (Lipinski definition) is 1. The van der Waals surface area contributed by atoms with E-state index in [1.165, 1.54) is 70.0 Å². The third kappa shape index (κ3) is 4.97. The zero-order valence-electron chi connectivity index (χ0n) is 24.5. The van der Waals surface area contributed by atoms with Gasteiger partial charge in [-0.25, -0.2) is 0 Å². The van der Waals surface area contributed by atoms with Crippen LogP contribution < -0.4 is 5.73 Å². The molecule has 4 fully saturated rings. The first-order valence-corrected chi connectivity index (χ1v) is 16.0. The maximum atomic E-state index is 6.74. The van der Waals surface area contributed by atoms with E-state index in [1.807, 2.05) is 12.5 Å². The topological polar surface area (TPSA) is 70.1 Å². The first-order valence-electron chi connectivity index (χ1n) is 16.0. The molecule has 3 saturated carbocycles. The number of furan rings is 1. The third-order valence-corrected chi connectivity index (χ3v) is 12.0. The second kappa shape index (κ2) is 11.6. The summed E-state index contributed by atoms with van der Waals surface area (Å²) in [6, 6.07) is 2.14. The Kier molecular flexibility index (Phi) is 8.32. The Hall–Kier alpha value is -1.18. The van der Waals surface area contributed by atoms with Gasteiger partial charge in [-0.3, -0.25) is 0 Å². The Morgan fingerprint density at radius 3 is 2.62 bits per heavy atom. The molecule has 2 heterocycles. The number of allylic oxidation sites excluding steroid dienone is 1. The lowest BCUT2D eigenvalue weighted by molar-refractivity contribution is -0.164. The van der Waals surface area contributed by atoms with Crippen molar-refractivity contribution >= 4 is 0 Å². The monoisotopic (exact) mass is 540 g/mol. The molecule has 0 aromatic carbocycles. The fourth-order valence-corrected chi connectivity index (χ4v) is 9.91. The Morgan fingerprint density at radius 1 is 0.974 bits per heavy atom. The molecule has 39 heavy (non-hydrogen) atoms. The van der Waals surface area contributed by atoms with Crippen LogP contribution in [0.15, 0.2) is 34.7 Å². The van der Waals surface area contributed by atoms with Crippen molar-refractivity contribution in [1.82, 2.24) is 4.90 Å². The van der Waals surface area contributed by atoms with Gasteiger partial charge in [0.1, 0.15) is 5.60 Å². The SMILES string of the molecule is C[C@]12CC[C@H](OCCOCCN3CCCC3)C=C1CC[C@@H]1[C@@H]2CC[C@@]2(C)[C@H]1CC[C@@]2(OCCN)c1ccoc1. The lowest BCUT2D eigenvalue weighted by Gasteiger charge is -2.60. The van der Waals surface area contributed by atoms with Crippen molar-refractivity contribution in [2.45, 2.75) is 89.8 Å². The largest absolute Gasteiger partial charge is 0.472 e. The van der Waals surface area contributed by atoms with Gasteiger partial charge in [0.25, 0.3) is 0 Å². The van der Waals surface area contributed by atoms with Gasteiger partial charge in [-0.2, -0.15) is 0 Å². The van der Waals surface area contributed by atoms with Crippen LogP contribution in [0.4, 0.5) is 0 Å². The van der Waals surface area contributed by atoms with Gasteiger partial charge >= 0.3 is 0 Å². The van der Waals surface area contributed by atoms with E-state index in [1.54, 1.807) is 5.57 Å². The molecule has 0 bridgehead atoms. The number of fused-ring (bicyclic) bond motifs is 5. The van der Waals surface area contributed by atoms with Gasteiger partial charge in [0.2, 0.25) is 0 Å². The highest BCUT2D eigenvalue weighted by Gasteiger charge is 2.65. The number of ether oxygens (including phenoxy) is 3. The van der Waals surface area contributed by atoms with E-state index in [0.29, 0.717) is 37.7 Å². The van der Waals surface area contributed by atoms with Crippen molar-refractivity contribution in [3.8, 4) is 0 Å². The van der Waals surface area contributed by atoms with Crippen molar-refractivity contribution in [3.05, 3.63) is 35.8 Å². The highest BCUT2D eigenvalue weighted by atomic mass is 16.5. The van der Waals surface area contributed by atoms with E-state index in [4.69, 9.17) is 24.4 Å². The lowest BCUT2D eigenvalue weighted by atomic mass is 9.46. The molecule has 5 aliphatic rings. The Balaban J connectivity index is 1.08. The Morgan fingerprint density at radius 2 is 1.82 bits per heavy atom. The van der Waals surface area contributed by atoms with E-state index in [0.717, 1.165) is 37.8 Å². The molecule has 6 heteroatoms. The minimum atomic E-state index is -0.270. The average Bonchev–Trinajstić information content (AvgIpc) is 3.71. The molecule has 6 nitrogen and oxygen atoms in total. The molecule has 7 atom stereocenters. The van der Waals surface area contributed by atoms with Crippen molar-refractivity contribution in [2.24, 2.45) is 34.3 Å². The highest BCUT2D eigenvalue weighted by molar-refractivity contribution is 5.30. The molecule has 0 unspecified atom stereocenters. The lowest BCUT2D eigenvalue weighted by Crippen LogP contribution is -2.54. The minimum absolute atomic E-state index is 0.125. The Labute approximate surface area is 236 Å². The van der Waals surface area contributed by atoms with E-state index in [-0.39, 0.29) is 17.1 Å². The normalized spacial score (nSPS) is 40.2. The van der Waals surface area contributed by atoms with Gasteiger partial charge in [0.05, 0.1) is 45.1 Å². The standard InChI is InChI=1S/C33H52N2O4/c1-31-11-7-27(38-22-21-36-20-17-35-15-3-4-16-35)23-25(31)5-6-28-29(31)8-12-32(2)30(28)9-13-33(32,39-19-14-34)26-10-18-37-24-26/h10,18,23-24,27-30H,3-9,11-17,19-22,34H2,1-2H3/t27-,28+,29-,30-,31-,32-,33+/m0/s1. The van der Waals surface area contributed by atoms with Crippen LogP contribution in [0.1, 0.15) is 83.6 Å². The highest BCUT2D eigenvalue weighted by Crippen LogP contribution is 2.70. The molecule has 1 saturated heterocycles. The van der Waals surface area contributed by atoms with Gasteiger partial charge in [0, 0.05) is 24.1 Å². The molecule has 0 spiro atoms. The number of hydrogen-bond acceptors (Lipinski definition) is 6. The average molecular weight is 541 g/mol. The van der Waals surface area contributed by atoms with Crippen molar-refractivity contribution in [3.63, 3.8) is 0 Å². The van der Waals surface area contributed by atoms with E-state index < -0.39 is 0 Å². The van der Waals surface area contributed by atoms with E-state index in [2.05, 4.69) is 30.9 Å². The van der Waals surface area contributed by atoms with Crippen molar-refractivity contribution in [2.75, 3.05) is 52.6 Å². The summed E-state index contributed by atoms with van der Waals surface area (Å²) in [5.41, 5.74) is 9.01. The summed E-state index contributed by atoms with van der Waals surface area (Å²) in [5, 5.41) is 0. The summed E-state index contributed by atoms with van der Waals surface area (Å²) in [6.07, 6.45) is 18.9. The van der Waals surface area contributed by atoms with Gasteiger partial charge in [-0.1, -0.05) is 25.5 Å². The molecule has 1 aromatic rings. The Bertz CT molecular complexity index is 974. The van der Waals surface area contributed by atoms with Gasteiger partial charge in [-0.05, 0) is 107 Å². The molecule has 0 amide bonds. The van der Waals surface area contributed by atoms with Crippen LogP contribution >= 0.6 is 0 Å². The summed E-state index contributed by atoms with van der Waals surface area (Å²) in [5.74, 6) is 2.22. The molecule has 1 aliphatic heterocycles. The predicted octanol–water partition coefficient (Wildman–Crippen LogP) is 5.91. The van der Waals surface area contributed by atoms with Crippen LogP contribution in [0.25, 0.3) is 0 Å². The number of nitrogens with zero attached hydrogens (tertiary/aromatic N) is 1. The van der Waals surface area contributed by atoms with Gasteiger partial charge in [-0.15, -0.1) is 0 Å². The molecule has 4 aliphatic carbocycles.